The normalized spacial score (nSPS) is 41.4. The minimum Gasteiger partial charge on any atom is -0.300 e. The lowest BCUT2D eigenvalue weighted by atomic mass is 9.92. The van der Waals surface area contributed by atoms with E-state index in [2.05, 4.69) is 18.7 Å². The molecule has 2 atom stereocenters. The molecule has 58 valence electrons. The highest BCUT2D eigenvalue weighted by Gasteiger charge is 2.35. The van der Waals surface area contributed by atoms with Gasteiger partial charge in [0.05, 0.1) is 0 Å². The molecule has 2 aliphatic rings. The van der Waals surface area contributed by atoms with Gasteiger partial charge >= 0.3 is 0 Å². The van der Waals surface area contributed by atoms with Crippen LogP contribution >= 0.6 is 0 Å². The molecule has 1 aliphatic carbocycles. The number of nitrogens with zero attached hydrogens (tertiary/aromatic N) is 1. The van der Waals surface area contributed by atoms with E-state index in [1.165, 1.54) is 25.9 Å². The predicted molar refractivity (Wildman–Crippen MR) is 42.9 cm³/mol. The van der Waals surface area contributed by atoms with Crippen LogP contribution in [0.2, 0.25) is 0 Å². The molecule has 0 N–H and O–H groups in total. The van der Waals surface area contributed by atoms with E-state index in [1.54, 1.807) is 0 Å². The van der Waals surface area contributed by atoms with Crippen molar-refractivity contribution in [1.29, 1.82) is 0 Å². The Bertz CT molecular complexity index is 129. The maximum absolute atomic E-state index is 2.63. The van der Waals surface area contributed by atoms with Gasteiger partial charge in [-0.25, -0.2) is 0 Å². The third-order valence-electron chi connectivity index (χ3n) is 3.11. The van der Waals surface area contributed by atoms with E-state index in [1.807, 2.05) is 0 Å². The van der Waals surface area contributed by atoms with Gasteiger partial charge in [0.25, 0.3) is 0 Å². The van der Waals surface area contributed by atoms with Crippen LogP contribution in [-0.4, -0.2) is 24.0 Å². The third kappa shape index (κ3) is 1.07. The average Bonchev–Trinajstić information content (AvgIpc) is 2.70. The molecule has 1 saturated carbocycles. The lowest BCUT2D eigenvalue weighted by molar-refractivity contribution is 0.0342. The topological polar surface area (TPSA) is 3.24 Å². The standard InChI is InChI=1S/C9H17N/c1-7-5-10(8(7)2)6-9-3-4-9/h7-9H,3-6H2,1-2H3. The van der Waals surface area contributed by atoms with E-state index in [9.17, 15) is 0 Å². The van der Waals surface area contributed by atoms with E-state index in [0.29, 0.717) is 0 Å². The van der Waals surface area contributed by atoms with Crippen LogP contribution < -0.4 is 0 Å². The van der Waals surface area contributed by atoms with Gasteiger partial charge in [-0.1, -0.05) is 6.92 Å². The maximum Gasteiger partial charge on any atom is 0.0105 e. The molecule has 1 heteroatoms. The Morgan fingerprint density at radius 3 is 2.40 bits per heavy atom. The van der Waals surface area contributed by atoms with Gasteiger partial charge in [0, 0.05) is 19.1 Å². The summed E-state index contributed by atoms with van der Waals surface area (Å²) in [4.78, 5) is 2.63. The molecule has 1 heterocycles. The molecule has 2 unspecified atom stereocenters. The summed E-state index contributed by atoms with van der Waals surface area (Å²) in [5, 5.41) is 0. The highest BCUT2D eigenvalue weighted by Crippen LogP contribution is 2.34. The Morgan fingerprint density at radius 1 is 1.30 bits per heavy atom. The molecule has 1 aliphatic heterocycles. The van der Waals surface area contributed by atoms with Crippen LogP contribution in [0.1, 0.15) is 26.7 Å². The molecule has 0 radical (unpaired) electrons. The Labute approximate surface area is 63.4 Å². The Balaban J connectivity index is 1.74. The van der Waals surface area contributed by atoms with Crippen molar-refractivity contribution in [3.63, 3.8) is 0 Å². The fourth-order valence-electron chi connectivity index (χ4n) is 1.78. The first-order valence-electron chi connectivity index (χ1n) is 4.51. The van der Waals surface area contributed by atoms with Crippen LogP contribution in [0.25, 0.3) is 0 Å². The minimum absolute atomic E-state index is 0.876. The van der Waals surface area contributed by atoms with Gasteiger partial charge in [-0.3, -0.25) is 4.90 Å². The summed E-state index contributed by atoms with van der Waals surface area (Å²) in [7, 11) is 0. The minimum atomic E-state index is 0.876. The van der Waals surface area contributed by atoms with Crippen molar-refractivity contribution in [2.75, 3.05) is 13.1 Å². The SMILES string of the molecule is CC1CN(CC2CC2)C1C. The summed E-state index contributed by atoms with van der Waals surface area (Å²) in [6, 6.07) is 0.876. The molecule has 2 rings (SSSR count). The second kappa shape index (κ2) is 2.23. The molecule has 0 spiro atoms. The molecule has 0 aromatic carbocycles. The molecule has 0 aromatic rings. The van der Waals surface area contributed by atoms with E-state index < -0.39 is 0 Å². The number of hydrogen-bond donors (Lipinski definition) is 0. The Hall–Kier alpha value is -0.0400. The summed E-state index contributed by atoms with van der Waals surface area (Å²) in [6.45, 7) is 7.47. The van der Waals surface area contributed by atoms with Gasteiger partial charge in [-0.15, -0.1) is 0 Å². The van der Waals surface area contributed by atoms with E-state index in [-0.39, 0.29) is 0 Å². The second-order valence-corrected chi connectivity index (χ2v) is 4.12. The summed E-state index contributed by atoms with van der Waals surface area (Å²) in [5.41, 5.74) is 0. The van der Waals surface area contributed by atoms with Gasteiger partial charge in [0.2, 0.25) is 0 Å². The lowest BCUT2D eigenvalue weighted by Crippen LogP contribution is -2.53. The molecular formula is C9H17N. The van der Waals surface area contributed by atoms with Crippen LogP contribution in [0.3, 0.4) is 0 Å². The fourth-order valence-corrected chi connectivity index (χ4v) is 1.78. The van der Waals surface area contributed by atoms with Crippen molar-refractivity contribution >= 4 is 0 Å². The summed E-state index contributed by atoms with van der Waals surface area (Å²) in [6.07, 6.45) is 3.00. The van der Waals surface area contributed by atoms with Crippen LogP contribution in [0.15, 0.2) is 0 Å². The molecule has 0 amide bonds. The fraction of sp³-hybridized carbons (Fsp3) is 1.00. The highest BCUT2D eigenvalue weighted by molar-refractivity contribution is 4.89. The summed E-state index contributed by atoms with van der Waals surface area (Å²) in [5.74, 6) is 2.04. The molecule has 2 fully saturated rings. The zero-order valence-corrected chi connectivity index (χ0v) is 7.01. The van der Waals surface area contributed by atoms with Crippen molar-refractivity contribution < 1.29 is 0 Å². The van der Waals surface area contributed by atoms with Gasteiger partial charge in [-0.2, -0.15) is 0 Å². The molecule has 10 heavy (non-hydrogen) atoms. The van der Waals surface area contributed by atoms with Crippen molar-refractivity contribution in [1.82, 2.24) is 4.90 Å². The summed E-state index contributed by atoms with van der Waals surface area (Å²) < 4.78 is 0. The zero-order chi connectivity index (χ0) is 7.14. The first kappa shape index (κ1) is 6.66. The first-order chi connectivity index (χ1) is 4.77. The van der Waals surface area contributed by atoms with E-state index in [4.69, 9.17) is 0 Å². The van der Waals surface area contributed by atoms with Crippen LogP contribution in [-0.2, 0) is 0 Å². The Kier molecular flexibility index (Phi) is 1.48. The quantitative estimate of drug-likeness (QED) is 0.563. The zero-order valence-electron chi connectivity index (χ0n) is 7.01. The number of likely N-dealkylation sites (tertiary alicyclic amines) is 1. The number of rotatable bonds is 2. The first-order valence-corrected chi connectivity index (χ1v) is 4.51. The molecule has 1 nitrogen and oxygen atoms in total. The monoisotopic (exact) mass is 139 g/mol. The molecule has 0 aromatic heterocycles. The largest absolute Gasteiger partial charge is 0.300 e. The second-order valence-electron chi connectivity index (χ2n) is 4.12. The smallest absolute Gasteiger partial charge is 0.0105 e. The van der Waals surface area contributed by atoms with Crippen LogP contribution in [0.5, 0.6) is 0 Å². The van der Waals surface area contributed by atoms with Crippen LogP contribution in [0, 0.1) is 11.8 Å². The Morgan fingerprint density at radius 2 is 2.00 bits per heavy atom. The van der Waals surface area contributed by atoms with Gasteiger partial charge < -0.3 is 0 Å². The lowest BCUT2D eigenvalue weighted by Gasteiger charge is -2.45. The van der Waals surface area contributed by atoms with E-state index >= 15 is 0 Å². The third-order valence-corrected chi connectivity index (χ3v) is 3.11. The highest BCUT2D eigenvalue weighted by atomic mass is 15.2. The molecular weight excluding hydrogens is 122 g/mol. The van der Waals surface area contributed by atoms with Crippen molar-refractivity contribution in [2.24, 2.45) is 11.8 Å². The van der Waals surface area contributed by atoms with Crippen molar-refractivity contribution in [3.8, 4) is 0 Å². The van der Waals surface area contributed by atoms with Gasteiger partial charge in [0.1, 0.15) is 0 Å². The van der Waals surface area contributed by atoms with Crippen molar-refractivity contribution in [2.45, 2.75) is 32.7 Å². The van der Waals surface area contributed by atoms with Gasteiger partial charge in [-0.05, 0) is 31.6 Å². The average molecular weight is 139 g/mol. The van der Waals surface area contributed by atoms with Crippen molar-refractivity contribution in [3.05, 3.63) is 0 Å². The molecule has 1 saturated heterocycles. The number of hydrogen-bond acceptors (Lipinski definition) is 1. The summed E-state index contributed by atoms with van der Waals surface area (Å²) >= 11 is 0. The predicted octanol–water partition coefficient (Wildman–Crippen LogP) is 1.74. The van der Waals surface area contributed by atoms with Crippen LogP contribution in [0.4, 0.5) is 0 Å². The molecule has 0 bridgehead atoms. The van der Waals surface area contributed by atoms with E-state index in [0.717, 1.165) is 17.9 Å². The maximum atomic E-state index is 2.63. The van der Waals surface area contributed by atoms with Gasteiger partial charge in [0.15, 0.2) is 0 Å².